The molecule has 0 amide bonds. The number of alkyl halides is 1. The summed E-state index contributed by atoms with van der Waals surface area (Å²) in [4.78, 5) is 2.82. The fourth-order valence-electron chi connectivity index (χ4n) is 2.27. The predicted octanol–water partition coefficient (Wildman–Crippen LogP) is 2.56. The molecule has 108 valence electrons. The number of nitrogens with zero attached hydrogens (tertiary/aromatic N) is 3. The maximum Gasteiger partial charge on any atom is 0.159 e. The van der Waals surface area contributed by atoms with E-state index in [-0.39, 0.29) is 0 Å². The molecule has 1 heterocycles. The minimum atomic E-state index is 0.648. The van der Waals surface area contributed by atoms with Crippen molar-refractivity contribution in [2.24, 2.45) is 5.92 Å². The Balaban J connectivity index is 1.96. The summed E-state index contributed by atoms with van der Waals surface area (Å²) in [7, 11) is 5.90. The number of likely N-dealkylation sites (N-methyl/N-ethyl adjacent to an activating group) is 1. The Bertz CT molecular complexity index is 401. The van der Waals surface area contributed by atoms with Gasteiger partial charge in [-0.2, -0.15) is 5.10 Å². The summed E-state index contributed by atoms with van der Waals surface area (Å²) >= 11 is 3.81. The van der Waals surface area contributed by atoms with Gasteiger partial charge in [-0.3, -0.25) is 4.68 Å². The average molecular weight is 330 g/mol. The largest absolute Gasteiger partial charge is 0.493 e. The zero-order chi connectivity index (χ0) is 13.8. The van der Waals surface area contributed by atoms with E-state index in [9.17, 15) is 0 Å². The Labute approximate surface area is 124 Å². The van der Waals surface area contributed by atoms with E-state index in [0.29, 0.717) is 4.83 Å². The van der Waals surface area contributed by atoms with Crippen molar-refractivity contribution >= 4 is 15.9 Å². The summed E-state index contributed by atoms with van der Waals surface area (Å²) in [5.41, 5.74) is 1.23. The predicted molar refractivity (Wildman–Crippen MR) is 81.1 cm³/mol. The van der Waals surface area contributed by atoms with Crippen molar-refractivity contribution in [3.8, 4) is 5.75 Å². The Kier molecular flexibility index (Phi) is 5.28. The highest BCUT2D eigenvalue weighted by molar-refractivity contribution is 9.09. The van der Waals surface area contributed by atoms with Gasteiger partial charge in [0, 0.05) is 11.4 Å². The number of hydrogen-bond acceptors (Lipinski definition) is 3. The van der Waals surface area contributed by atoms with Crippen LogP contribution in [0.15, 0.2) is 6.20 Å². The fraction of sp³-hybridized carbons (Fsp3) is 0.786. The zero-order valence-corrected chi connectivity index (χ0v) is 13.7. The quantitative estimate of drug-likeness (QED) is 0.686. The third kappa shape index (κ3) is 4.21. The molecule has 0 spiro atoms. The van der Waals surface area contributed by atoms with Gasteiger partial charge in [-0.05, 0) is 45.7 Å². The molecule has 0 bridgehead atoms. The molecule has 1 aromatic rings. The van der Waals surface area contributed by atoms with E-state index in [1.165, 1.54) is 18.5 Å². The Morgan fingerprint density at radius 3 is 2.84 bits per heavy atom. The van der Waals surface area contributed by atoms with Crippen LogP contribution in [0.4, 0.5) is 0 Å². The molecule has 0 aliphatic heterocycles. The van der Waals surface area contributed by atoms with Crippen molar-refractivity contribution < 1.29 is 4.74 Å². The van der Waals surface area contributed by atoms with Crippen LogP contribution in [0.1, 0.15) is 25.0 Å². The summed E-state index contributed by atoms with van der Waals surface area (Å²) < 4.78 is 7.52. The van der Waals surface area contributed by atoms with E-state index in [2.05, 4.69) is 44.7 Å². The topological polar surface area (TPSA) is 30.3 Å². The molecule has 1 saturated carbocycles. The number of rotatable bonds is 8. The molecule has 1 aliphatic rings. The molecule has 2 rings (SSSR count). The normalized spacial score (nSPS) is 16.9. The molecule has 0 radical (unpaired) electrons. The maximum absolute atomic E-state index is 5.43. The molecule has 5 heteroatoms. The zero-order valence-electron chi connectivity index (χ0n) is 12.1. The van der Waals surface area contributed by atoms with Crippen molar-refractivity contribution in [2.45, 2.75) is 37.1 Å². The standard InChI is InChI=1S/C14H24BrN3O/c1-17(2)8-9-18-13(14(19-3)10-16-18)7-6-12(15)11-4-5-11/h10-12H,4-9H2,1-3H3. The highest BCUT2D eigenvalue weighted by Gasteiger charge is 2.29. The highest BCUT2D eigenvalue weighted by atomic mass is 79.9. The van der Waals surface area contributed by atoms with Crippen molar-refractivity contribution in [3.05, 3.63) is 11.9 Å². The minimum absolute atomic E-state index is 0.648. The lowest BCUT2D eigenvalue weighted by Crippen LogP contribution is -2.20. The monoisotopic (exact) mass is 329 g/mol. The number of halogens is 1. The van der Waals surface area contributed by atoms with Crippen molar-refractivity contribution in [1.82, 2.24) is 14.7 Å². The van der Waals surface area contributed by atoms with E-state index in [0.717, 1.165) is 37.6 Å². The van der Waals surface area contributed by atoms with Gasteiger partial charge in [0.05, 0.1) is 25.5 Å². The molecular weight excluding hydrogens is 306 g/mol. The van der Waals surface area contributed by atoms with Gasteiger partial charge >= 0.3 is 0 Å². The molecule has 1 atom stereocenters. The van der Waals surface area contributed by atoms with Crippen molar-refractivity contribution in [1.29, 1.82) is 0 Å². The average Bonchev–Trinajstić information content (AvgIpc) is 3.15. The van der Waals surface area contributed by atoms with Crippen LogP contribution in [-0.4, -0.2) is 47.3 Å². The lowest BCUT2D eigenvalue weighted by Gasteiger charge is -2.14. The summed E-state index contributed by atoms with van der Waals surface area (Å²) in [6.07, 6.45) is 6.79. The van der Waals surface area contributed by atoms with Gasteiger partial charge in [-0.25, -0.2) is 0 Å². The summed E-state index contributed by atoms with van der Waals surface area (Å²) in [5.74, 6) is 1.82. The molecular formula is C14H24BrN3O. The van der Waals surface area contributed by atoms with Crippen LogP contribution in [0.25, 0.3) is 0 Å². The number of ether oxygens (including phenoxy) is 1. The summed E-state index contributed by atoms with van der Waals surface area (Å²) in [6.45, 7) is 1.92. The molecule has 1 unspecified atom stereocenters. The first-order valence-electron chi connectivity index (χ1n) is 6.99. The number of methoxy groups -OCH3 is 1. The Hall–Kier alpha value is -0.550. The summed E-state index contributed by atoms with van der Waals surface area (Å²) in [5, 5.41) is 4.45. The van der Waals surface area contributed by atoms with E-state index >= 15 is 0 Å². The molecule has 0 N–H and O–H groups in total. The molecule has 0 saturated heterocycles. The first kappa shape index (κ1) is 14.9. The van der Waals surface area contributed by atoms with Crippen molar-refractivity contribution in [2.75, 3.05) is 27.7 Å². The molecule has 1 aliphatic carbocycles. The summed E-state index contributed by atoms with van der Waals surface area (Å²) in [6, 6.07) is 0. The second-order valence-corrected chi connectivity index (χ2v) is 6.75. The lowest BCUT2D eigenvalue weighted by molar-refractivity contribution is 0.365. The first-order chi connectivity index (χ1) is 9.11. The first-order valence-corrected chi connectivity index (χ1v) is 7.91. The smallest absolute Gasteiger partial charge is 0.159 e. The maximum atomic E-state index is 5.43. The van der Waals surface area contributed by atoms with E-state index in [4.69, 9.17) is 4.74 Å². The fourth-order valence-corrected chi connectivity index (χ4v) is 3.03. The van der Waals surface area contributed by atoms with Gasteiger partial charge in [0.1, 0.15) is 0 Å². The van der Waals surface area contributed by atoms with Crippen molar-refractivity contribution in [3.63, 3.8) is 0 Å². The highest BCUT2D eigenvalue weighted by Crippen LogP contribution is 2.39. The van der Waals surface area contributed by atoms with Gasteiger partial charge in [-0.15, -0.1) is 0 Å². The SMILES string of the molecule is COc1cnn(CCN(C)C)c1CCC(Br)C1CC1. The Morgan fingerprint density at radius 2 is 2.26 bits per heavy atom. The van der Waals surface area contributed by atoms with Gasteiger partial charge in [0.2, 0.25) is 0 Å². The molecule has 0 aromatic carbocycles. The van der Waals surface area contributed by atoms with E-state index in [1.807, 2.05) is 6.20 Å². The second-order valence-electron chi connectivity index (χ2n) is 5.58. The molecule has 1 fully saturated rings. The molecule has 1 aromatic heterocycles. The molecule has 19 heavy (non-hydrogen) atoms. The lowest BCUT2D eigenvalue weighted by atomic mass is 10.1. The van der Waals surface area contributed by atoms with Gasteiger partial charge in [0.15, 0.2) is 5.75 Å². The van der Waals surface area contributed by atoms with Crippen LogP contribution >= 0.6 is 15.9 Å². The third-order valence-electron chi connectivity index (χ3n) is 3.68. The minimum Gasteiger partial charge on any atom is -0.493 e. The van der Waals surface area contributed by atoms with Crippen LogP contribution in [-0.2, 0) is 13.0 Å². The van der Waals surface area contributed by atoms with Gasteiger partial charge < -0.3 is 9.64 Å². The van der Waals surface area contributed by atoms with Gasteiger partial charge in [-0.1, -0.05) is 15.9 Å². The van der Waals surface area contributed by atoms with E-state index < -0.39 is 0 Å². The second kappa shape index (κ2) is 6.75. The third-order valence-corrected chi connectivity index (χ3v) is 4.89. The molecule has 4 nitrogen and oxygen atoms in total. The number of hydrogen-bond donors (Lipinski definition) is 0. The number of aromatic nitrogens is 2. The Morgan fingerprint density at radius 1 is 1.53 bits per heavy atom. The van der Waals surface area contributed by atoms with Crippen LogP contribution in [0.5, 0.6) is 5.75 Å². The van der Waals surface area contributed by atoms with E-state index in [1.54, 1.807) is 7.11 Å². The van der Waals surface area contributed by atoms with Crippen LogP contribution in [0.3, 0.4) is 0 Å². The van der Waals surface area contributed by atoms with Crippen LogP contribution in [0, 0.1) is 5.92 Å². The van der Waals surface area contributed by atoms with Crippen LogP contribution in [0.2, 0.25) is 0 Å². The van der Waals surface area contributed by atoms with Crippen LogP contribution < -0.4 is 4.74 Å². The van der Waals surface area contributed by atoms with Gasteiger partial charge in [0.25, 0.3) is 0 Å².